The molecule has 0 aromatic heterocycles. The molecule has 88 valence electrons. The van der Waals surface area contributed by atoms with E-state index in [1.807, 2.05) is 6.92 Å². The lowest BCUT2D eigenvalue weighted by Crippen LogP contribution is -2.36. The molecule has 16 heavy (non-hydrogen) atoms. The SMILES string of the molecule is CC(CBr)N(C)C(=O)c1cc(Cl)ccc1Br. The van der Waals surface area contributed by atoms with Crippen LogP contribution in [0.25, 0.3) is 0 Å². The number of amides is 1. The summed E-state index contributed by atoms with van der Waals surface area (Å²) in [6.45, 7) is 1.98. The summed E-state index contributed by atoms with van der Waals surface area (Å²) in [4.78, 5) is 13.8. The van der Waals surface area contributed by atoms with E-state index in [0.717, 1.165) is 9.80 Å². The summed E-state index contributed by atoms with van der Waals surface area (Å²) in [5.74, 6) is -0.0404. The third kappa shape index (κ3) is 3.22. The van der Waals surface area contributed by atoms with E-state index in [0.29, 0.717) is 10.6 Å². The molecule has 0 bridgehead atoms. The fourth-order valence-electron chi connectivity index (χ4n) is 1.16. The van der Waals surface area contributed by atoms with Gasteiger partial charge >= 0.3 is 0 Å². The zero-order chi connectivity index (χ0) is 12.3. The molecular formula is C11H12Br2ClNO. The molecule has 0 fully saturated rings. The van der Waals surface area contributed by atoms with Crippen LogP contribution in [0.3, 0.4) is 0 Å². The molecule has 1 unspecified atom stereocenters. The normalized spacial score (nSPS) is 12.3. The van der Waals surface area contributed by atoms with Crippen LogP contribution < -0.4 is 0 Å². The zero-order valence-corrected chi connectivity index (χ0v) is 12.9. The van der Waals surface area contributed by atoms with Gasteiger partial charge in [0, 0.05) is 27.9 Å². The van der Waals surface area contributed by atoms with Crippen molar-refractivity contribution in [3.63, 3.8) is 0 Å². The van der Waals surface area contributed by atoms with E-state index in [2.05, 4.69) is 31.9 Å². The molecule has 0 spiro atoms. The highest BCUT2D eigenvalue weighted by Gasteiger charge is 2.18. The summed E-state index contributed by atoms with van der Waals surface area (Å²) in [5.41, 5.74) is 0.586. The largest absolute Gasteiger partial charge is 0.338 e. The Bertz CT molecular complexity index is 398. The molecule has 0 aliphatic carbocycles. The fourth-order valence-corrected chi connectivity index (χ4v) is 2.18. The van der Waals surface area contributed by atoms with Gasteiger partial charge in [-0.25, -0.2) is 0 Å². The van der Waals surface area contributed by atoms with Gasteiger partial charge in [0.2, 0.25) is 0 Å². The quantitative estimate of drug-likeness (QED) is 0.739. The Morgan fingerprint density at radius 3 is 2.75 bits per heavy atom. The maximum absolute atomic E-state index is 12.1. The summed E-state index contributed by atoms with van der Waals surface area (Å²) in [5, 5.41) is 1.31. The maximum atomic E-state index is 12.1. The lowest BCUT2D eigenvalue weighted by atomic mass is 10.2. The maximum Gasteiger partial charge on any atom is 0.255 e. The second kappa shape index (κ2) is 6.03. The van der Waals surface area contributed by atoms with Gasteiger partial charge in [0.15, 0.2) is 0 Å². The summed E-state index contributed by atoms with van der Waals surface area (Å²) >= 11 is 12.6. The van der Waals surface area contributed by atoms with Crippen LogP contribution in [0.1, 0.15) is 17.3 Å². The van der Waals surface area contributed by atoms with Crippen molar-refractivity contribution in [1.29, 1.82) is 0 Å². The lowest BCUT2D eigenvalue weighted by molar-refractivity contribution is 0.0757. The van der Waals surface area contributed by atoms with Gasteiger partial charge in [0.25, 0.3) is 5.91 Å². The smallest absolute Gasteiger partial charge is 0.255 e. The first-order valence-corrected chi connectivity index (χ1v) is 7.04. The van der Waals surface area contributed by atoms with Crippen LogP contribution in [0.2, 0.25) is 5.02 Å². The summed E-state index contributed by atoms with van der Waals surface area (Å²) in [6.07, 6.45) is 0. The minimum atomic E-state index is -0.0404. The number of benzene rings is 1. The number of hydrogen-bond acceptors (Lipinski definition) is 1. The third-order valence-corrected chi connectivity index (χ3v) is 4.23. The van der Waals surface area contributed by atoms with Gasteiger partial charge < -0.3 is 4.90 Å². The van der Waals surface area contributed by atoms with Gasteiger partial charge in [-0.05, 0) is 41.1 Å². The van der Waals surface area contributed by atoms with Gasteiger partial charge in [-0.15, -0.1) is 0 Å². The molecule has 2 nitrogen and oxygen atoms in total. The number of carbonyl (C=O) groups excluding carboxylic acids is 1. The van der Waals surface area contributed by atoms with Crippen LogP contribution in [0.15, 0.2) is 22.7 Å². The molecular weight excluding hydrogens is 357 g/mol. The Morgan fingerprint density at radius 1 is 1.56 bits per heavy atom. The van der Waals surface area contributed by atoms with Crippen molar-refractivity contribution >= 4 is 49.4 Å². The molecule has 0 saturated heterocycles. The minimum absolute atomic E-state index is 0.0404. The van der Waals surface area contributed by atoms with Gasteiger partial charge in [-0.2, -0.15) is 0 Å². The predicted molar refractivity (Wildman–Crippen MR) is 74.5 cm³/mol. The minimum Gasteiger partial charge on any atom is -0.338 e. The second-order valence-electron chi connectivity index (χ2n) is 3.54. The van der Waals surface area contributed by atoms with Crippen molar-refractivity contribution < 1.29 is 4.79 Å². The van der Waals surface area contributed by atoms with Gasteiger partial charge in [-0.3, -0.25) is 4.79 Å². The monoisotopic (exact) mass is 367 g/mol. The molecule has 0 radical (unpaired) electrons. The third-order valence-electron chi connectivity index (χ3n) is 2.36. The van der Waals surface area contributed by atoms with Crippen LogP contribution in [0, 0.1) is 0 Å². The van der Waals surface area contributed by atoms with Crippen LogP contribution in [0.5, 0.6) is 0 Å². The Morgan fingerprint density at radius 2 is 2.19 bits per heavy atom. The van der Waals surface area contributed by atoms with E-state index < -0.39 is 0 Å². The standard InChI is InChI=1S/C11H12Br2ClNO/c1-7(6-12)15(2)11(16)9-5-8(14)3-4-10(9)13/h3-5,7H,6H2,1-2H3. The number of hydrogen-bond donors (Lipinski definition) is 0. The van der Waals surface area contributed by atoms with E-state index in [9.17, 15) is 4.79 Å². The fraction of sp³-hybridized carbons (Fsp3) is 0.364. The van der Waals surface area contributed by atoms with Crippen LogP contribution in [-0.4, -0.2) is 29.2 Å². The predicted octanol–water partition coefficient (Wildman–Crippen LogP) is 3.96. The number of alkyl halides is 1. The van der Waals surface area contributed by atoms with E-state index in [1.54, 1.807) is 30.1 Å². The first kappa shape index (κ1) is 14.0. The van der Waals surface area contributed by atoms with E-state index >= 15 is 0 Å². The lowest BCUT2D eigenvalue weighted by Gasteiger charge is -2.23. The molecule has 0 heterocycles. The van der Waals surface area contributed by atoms with Crippen molar-refractivity contribution in [3.8, 4) is 0 Å². The Balaban J connectivity index is 3.00. The van der Waals surface area contributed by atoms with Crippen molar-refractivity contribution in [2.75, 3.05) is 12.4 Å². The second-order valence-corrected chi connectivity index (χ2v) is 5.48. The highest BCUT2D eigenvalue weighted by Crippen LogP contribution is 2.23. The first-order chi connectivity index (χ1) is 7.47. The van der Waals surface area contributed by atoms with Crippen LogP contribution in [0.4, 0.5) is 0 Å². The van der Waals surface area contributed by atoms with E-state index in [-0.39, 0.29) is 11.9 Å². The van der Waals surface area contributed by atoms with Crippen molar-refractivity contribution in [2.45, 2.75) is 13.0 Å². The molecule has 0 N–H and O–H groups in total. The van der Waals surface area contributed by atoms with E-state index in [1.165, 1.54) is 0 Å². The van der Waals surface area contributed by atoms with Crippen molar-refractivity contribution in [2.24, 2.45) is 0 Å². The average molecular weight is 369 g/mol. The average Bonchev–Trinajstić information content (AvgIpc) is 2.29. The number of halogens is 3. The summed E-state index contributed by atoms with van der Waals surface area (Å²) in [6, 6.07) is 5.34. The van der Waals surface area contributed by atoms with E-state index in [4.69, 9.17) is 11.6 Å². The highest BCUT2D eigenvalue weighted by atomic mass is 79.9. The van der Waals surface area contributed by atoms with Gasteiger partial charge in [-0.1, -0.05) is 27.5 Å². The molecule has 1 amide bonds. The molecule has 1 aromatic carbocycles. The Labute approximate surface area is 117 Å². The number of rotatable bonds is 3. The molecule has 5 heteroatoms. The summed E-state index contributed by atoms with van der Waals surface area (Å²) < 4.78 is 0.760. The van der Waals surface area contributed by atoms with Crippen molar-refractivity contribution in [3.05, 3.63) is 33.3 Å². The van der Waals surface area contributed by atoms with Crippen molar-refractivity contribution in [1.82, 2.24) is 4.90 Å². The van der Waals surface area contributed by atoms with Gasteiger partial charge in [0.05, 0.1) is 5.56 Å². The molecule has 0 aliphatic heterocycles. The molecule has 0 saturated carbocycles. The number of carbonyl (C=O) groups is 1. The topological polar surface area (TPSA) is 20.3 Å². The summed E-state index contributed by atoms with van der Waals surface area (Å²) in [7, 11) is 1.78. The van der Waals surface area contributed by atoms with Crippen LogP contribution in [-0.2, 0) is 0 Å². The number of nitrogens with zero attached hydrogens (tertiary/aromatic N) is 1. The van der Waals surface area contributed by atoms with Crippen LogP contribution >= 0.6 is 43.5 Å². The first-order valence-electron chi connectivity index (χ1n) is 4.75. The van der Waals surface area contributed by atoms with Gasteiger partial charge in [0.1, 0.15) is 0 Å². The molecule has 1 atom stereocenters. The Hall–Kier alpha value is -0.0600. The zero-order valence-electron chi connectivity index (χ0n) is 9.01. The Kier molecular flexibility index (Phi) is 5.28. The molecule has 0 aliphatic rings. The molecule has 1 rings (SSSR count). The highest BCUT2D eigenvalue weighted by molar-refractivity contribution is 9.10. The molecule has 1 aromatic rings.